The fourth-order valence-corrected chi connectivity index (χ4v) is 3.25. The van der Waals surface area contributed by atoms with Gasteiger partial charge in [-0.1, -0.05) is 24.1 Å². The van der Waals surface area contributed by atoms with E-state index >= 15 is 0 Å². The number of amides is 1. The zero-order chi connectivity index (χ0) is 16.5. The van der Waals surface area contributed by atoms with Gasteiger partial charge in [-0.15, -0.1) is 0 Å². The molecule has 24 heavy (non-hydrogen) atoms. The molecule has 124 valence electrons. The summed E-state index contributed by atoms with van der Waals surface area (Å²) < 4.78 is 6.98. The van der Waals surface area contributed by atoms with Gasteiger partial charge in [0.1, 0.15) is 11.3 Å². The van der Waals surface area contributed by atoms with E-state index in [1.54, 1.807) is 13.1 Å². The fourth-order valence-electron chi connectivity index (χ4n) is 3.25. The highest BCUT2D eigenvalue weighted by molar-refractivity contribution is 5.93. The van der Waals surface area contributed by atoms with Crippen molar-refractivity contribution in [3.63, 3.8) is 0 Å². The molecular weight excluding hydrogens is 306 g/mol. The fraction of sp³-hybridized carbons (Fsp3) is 0.412. The lowest BCUT2D eigenvalue weighted by Gasteiger charge is -2.27. The van der Waals surface area contributed by atoms with Crippen molar-refractivity contribution in [3.8, 4) is 0 Å². The second-order valence-corrected chi connectivity index (χ2v) is 6.13. The SMILES string of the molecule is Cc1nc([C@H]2CCCCCN2C(=O)c2cn3ccccc3n2)no1. The molecule has 1 atom stereocenters. The van der Waals surface area contributed by atoms with Crippen LogP contribution in [0, 0.1) is 6.92 Å². The molecule has 0 unspecified atom stereocenters. The van der Waals surface area contributed by atoms with Gasteiger partial charge in [-0.25, -0.2) is 4.98 Å². The van der Waals surface area contributed by atoms with E-state index in [0.29, 0.717) is 24.0 Å². The Morgan fingerprint density at radius 1 is 1.25 bits per heavy atom. The van der Waals surface area contributed by atoms with E-state index in [1.165, 1.54) is 0 Å². The first-order valence-electron chi connectivity index (χ1n) is 8.27. The third-order valence-electron chi connectivity index (χ3n) is 4.44. The highest BCUT2D eigenvalue weighted by atomic mass is 16.5. The number of carbonyl (C=O) groups is 1. The summed E-state index contributed by atoms with van der Waals surface area (Å²) in [6.07, 6.45) is 7.64. The number of likely N-dealkylation sites (tertiary alicyclic amines) is 1. The van der Waals surface area contributed by atoms with Crippen LogP contribution in [0.5, 0.6) is 0 Å². The van der Waals surface area contributed by atoms with Crippen molar-refractivity contribution in [2.45, 2.75) is 38.6 Å². The Morgan fingerprint density at radius 2 is 2.17 bits per heavy atom. The number of rotatable bonds is 2. The second kappa shape index (κ2) is 6.07. The molecule has 1 aliphatic heterocycles. The van der Waals surface area contributed by atoms with Crippen molar-refractivity contribution >= 4 is 11.6 Å². The van der Waals surface area contributed by atoms with Crippen LogP contribution >= 0.6 is 0 Å². The van der Waals surface area contributed by atoms with Gasteiger partial charge in [-0.2, -0.15) is 4.98 Å². The first-order chi connectivity index (χ1) is 11.7. The number of aryl methyl sites for hydroxylation is 1. The molecule has 3 aromatic heterocycles. The summed E-state index contributed by atoms with van der Waals surface area (Å²) in [7, 11) is 0. The van der Waals surface area contributed by atoms with E-state index in [0.717, 1.165) is 31.3 Å². The molecule has 0 N–H and O–H groups in total. The van der Waals surface area contributed by atoms with Crippen molar-refractivity contribution in [1.82, 2.24) is 24.4 Å². The minimum Gasteiger partial charge on any atom is -0.340 e. The quantitative estimate of drug-likeness (QED) is 0.724. The van der Waals surface area contributed by atoms with E-state index in [9.17, 15) is 4.79 Å². The van der Waals surface area contributed by atoms with E-state index in [-0.39, 0.29) is 11.9 Å². The van der Waals surface area contributed by atoms with Crippen molar-refractivity contribution in [2.75, 3.05) is 6.54 Å². The second-order valence-electron chi connectivity index (χ2n) is 6.13. The van der Waals surface area contributed by atoms with Crippen LogP contribution in [0.2, 0.25) is 0 Å². The molecule has 1 amide bonds. The predicted molar refractivity (Wildman–Crippen MR) is 86.5 cm³/mol. The lowest BCUT2D eigenvalue weighted by Crippen LogP contribution is -2.35. The Labute approximate surface area is 139 Å². The summed E-state index contributed by atoms with van der Waals surface area (Å²) >= 11 is 0. The molecule has 0 radical (unpaired) electrons. The number of pyridine rings is 1. The lowest BCUT2D eigenvalue weighted by atomic mass is 10.1. The molecule has 0 spiro atoms. The Morgan fingerprint density at radius 3 is 2.96 bits per heavy atom. The van der Waals surface area contributed by atoms with E-state index in [1.807, 2.05) is 33.7 Å². The van der Waals surface area contributed by atoms with Crippen LogP contribution in [0.25, 0.3) is 5.65 Å². The molecule has 1 aliphatic rings. The van der Waals surface area contributed by atoms with Crippen molar-refractivity contribution in [3.05, 3.63) is 48.0 Å². The Kier molecular flexibility index (Phi) is 3.76. The molecule has 0 aliphatic carbocycles. The maximum atomic E-state index is 13.1. The Hall–Kier alpha value is -2.70. The van der Waals surface area contributed by atoms with E-state index < -0.39 is 0 Å². The molecule has 1 fully saturated rings. The molecule has 0 saturated carbocycles. The predicted octanol–water partition coefficient (Wildman–Crippen LogP) is 2.78. The van der Waals surface area contributed by atoms with Gasteiger partial charge in [0.15, 0.2) is 5.82 Å². The van der Waals surface area contributed by atoms with Crippen LogP contribution in [0.3, 0.4) is 0 Å². The number of carbonyl (C=O) groups excluding carboxylic acids is 1. The molecule has 4 heterocycles. The molecular formula is C17H19N5O2. The van der Waals surface area contributed by atoms with Crippen molar-refractivity contribution in [1.29, 1.82) is 0 Å². The van der Waals surface area contributed by atoms with Crippen molar-refractivity contribution < 1.29 is 9.32 Å². The van der Waals surface area contributed by atoms with Gasteiger partial charge in [0, 0.05) is 25.9 Å². The minimum atomic E-state index is -0.151. The number of imidazole rings is 1. The smallest absolute Gasteiger partial charge is 0.274 e. The number of aromatic nitrogens is 4. The van der Waals surface area contributed by atoms with Crippen LogP contribution in [0.15, 0.2) is 35.1 Å². The highest BCUT2D eigenvalue weighted by Gasteiger charge is 2.31. The maximum Gasteiger partial charge on any atom is 0.274 e. The zero-order valence-electron chi connectivity index (χ0n) is 13.6. The first kappa shape index (κ1) is 14.9. The monoisotopic (exact) mass is 325 g/mol. The standard InChI is InChI=1S/C17H19N5O2/c1-12-18-16(20-24-12)14-7-3-2-5-10-22(14)17(23)13-11-21-9-6-4-8-15(21)19-13/h4,6,8-9,11,14H,2-3,5,7,10H2,1H3/t14-/m1/s1. The lowest BCUT2D eigenvalue weighted by molar-refractivity contribution is 0.0665. The number of hydrogen-bond acceptors (Lipinski definition) is 5. The molecule has 1 saturated heterocycles. The van der Waals surface area contributed by atoms with Gasteiger partial charge in [0.25, 0.3) is 5.91 Å². The summed E-state index contributed by atoms with van der Waals surface area (Å²) in [6.45, 7) is 2.45. The first-order valence-corrected chi connectivity index (χ1v) is 8.27. The van der Waals surface area contributed by atoms with Gasteiger partial charge in [-0.3, -0.25) is 4.79 Å². The van der Waals surface area contributed by atoms with Crippen LogP contribution in [0.4, 0.5) is 0 Å². The van der Waals surface area contributed by atoms with Gasteiger partial charge >= 0.3 is 0 Å². The Bertz CT molecular complexity index is 836. The van der Waals surface area contributed by atoms with Gasteiger partial charge in [-0.05, 0) is 25.0 Å². The summed E-state index contributed by atoms with van der Waals surface area (Å²) in [6, 6.07) is 5.56. The van der Waals surface area contributed by atoms with E-state index in [2.05, 4.69) is 15.1 Å². The zero-order valence-corrected chi connectivity index (χ0v) is 13.6. The van der Waals surface area contributed by atoms with Gasteiger partial charge in [0.2, 0.25) is 5.89 Å². The minimum absolute atomic E-state index is 0.0759. The highest BCUT2D eigenvalue weighted by Crippen LogP contribution is 2.29. The maximum absolute atomic E-state index is 13.1. The third-order valence-corrected chi connectivity index (χ3v) is 4.44. The molecule has 0 aromatic carbocycles. The molecule has 7 nitrogen and oxygen atoms in total. The van der Waals surface area contributed by atoms with Crippen molar-refractivity contribution in [2.24, 2.45) is 0 Å². The topological polar surface area (TPSA) is 76.5 Å². The average molecular weight is 325 g/mol. The van der Waals surface area contributed by atoms with Crippen LogP contribution in [0.1, 0.15) is 53.9 Å². The van der Waals surface area contributed by atoms with Crippen LogP contribution in [-0.4, -0.2) is 36.9 Å². The van der Waals surface area contributed by atoms with Crippen LogP contribution in [-0.2, 0) is 0 Å². The number of nitrogens with zero attached hydrogens (tertiary/aromatic N) is 5. The molecule has 0 bridgehead atoms. The molecule has 7 heteroatoms. The van der Waals surface area contributed by atoms with E-state index in [4.69, 9.17) is 4.52 Å². The number of fused-ring (bicyclic) bond motifs is 1. The molecule has 3 aromatic rings. The Balaban J connectivity index is 1.68. The molecule has 4 rings (SSSR count). The van der Waals surface area contributed by atoms with Gasteiger partial charge in [0.05, 0.1) is 6.04 Å². The number of hydrogen-bond donors (Lipinski definition) is 0. The average Bonchev–Trinajstić information content (AvgIpc) is 3.13. The summed E-state index contributed by atoms with van der Waals surface area (Å²) in [5, 5.41) is 4.04. The summed E-state index contributed by atoms with van der Waals surface area (Å²) in [5.41, 5.74) is 1.22. The van der Waals surface area contributed by atoms with Gasteiger partial charge < -0.3 is 13.8 Å². The van der Waals surface area contributed by atoms with Crippen LogP contribution < -0.4 is 0 Å². The third kappa shape index (κ3) is 2.66. The summed E-state index contributed by atoms with van der Waals surface area (Å²) in [4.78, 5) is 23.7. The normalized spacial score (nSPS) is 18.7. The largest absolute Gasteiger partial charge is 0.340 e. The summed E-state index contributed by atoms with van der Waals surface area (Å²) in [5.74, 6) is 1.04.